The molecule has 1 rings (SSSR count). The van der Waals surface area contributed by atoms with Crippen molar-refractivity contribution in [1.29, 1.82) is 0 Å². The summed E-state index contributed by atoms with van der Waals surface area (Å²) in [6, 6.07) is 0. The number of nitrogens with zero attached hydrogens (tertiary/aromatic N) is 1. The van der Waals surface area contributed by atoms with E-state index in [9.17, 15) is 4.79 Å². The summed E-state index contributed by atoms with van der Waals surface area (Å²) >= 11 is 12.5. The molecule has 0 aromatic rings. The SMILES string of the molecule is C=CC[C@]1(Cl)C(=O)C(Cl)C(=NCCO)C1(OC)OC. The van der Waals surface area contributed by atoms with Crippen molar-refractivity contribution in [3.8, 4) is 0 Å². The van der Waals surface area contributed by atoms with Crippen molar-refractivity contribution >= 4 is 34.7 Å². The Labute approximate surface area is 122 Å². The molecule has 1 fully saturated rings. The Kier molecular flexibility index (Phi) is 5.53. The highest BCUT2D eigenvalue weighted by atomic mass is 35.5. The maximum absolute atomic E-state index is 12.3. The average Bonchev–Trinajstić information content (AvgIpc) is 2.56. The lowest BCUT2D eigenvalue weighted by Gasteiger charge is -2.37. The monoisotopic (exact) mass is 309 g/mol. The molecule has 7 heteroatoms. The van der Waals surface area contributed by atoms with Crippen molar-refractivity contribution in [2.45, 2.75) is 22.5 Å². The van der Waals surface area contributed by atoms with Crippen LogP contribution in [-0.4, -0.2) is 60.0 Å². The molecule has 1 aliphatic rings. The summed E-state index contributed by atoms with van der Waals surface area (Å²) < 4.78 is 10.7. The topological polar surface area (TPSA) is 68.1 Å². The number of methoxy groups -OCH3 is 2. The number of aliphatic imine (C=N–C) groups is 1. The fourth-order valence-corrected chi connectivity index (χ4v) is 3.19. The summed E-state index contributed by atoms with van der Waals surface area (Å²) in [6.45, 7) is 3.49. The minimum absolute atomic E-state index is 0.0847. The van der Waals surface area contributed by atoms with E-state index in [2.05, 4.69) is 11.6 Å². The number of ketones is 1. The number of rotatable bonds is 6. The Hall–Kier alpha value is -0.460. The molecular formula is C12H17Cl2NO4. The third-order valence-corrected chi connectivity index (χ3v) is 4.10. The van der Waals surface area contributed by atoms with Gasteiger partial charge in [0.2, 0.25) is 5.79 Å². The van der Waals surface area contributed by atoms with Gasteiger partial charge in [0.05, 0.1) is 18.9 Å². The summed E-state index contributed by atoms with van der Waals surface area (Å²) in [6.07, 6.45) is 1.62. The van der Waals surface area contributed by atoms with E-state index >= 15 is 0 Å². The standard InChI is InChI=1S/C12H17Cl2NO4/c1-4-5-11(14)10(17)8(13)9(15-6-7-16)12(11,18-2)19-3/h4,8,16H,1,5-7H2,2-3H3/t8?,11-/m0/s1. The number of ether oxygens (including phenoxy) is 2. The number of carbonyl (C=O) groups excluding carboxylic acids is 1. The molecule has 0 spiro atoms. The molecule has 5 nitrogen and oxygen atoms in total. The van der Waals surface area contributed by atoms with E-state index in [1.165, 1.54) is 20.3 Å². The number of hydrogen-bond donors (Lipinski definition) is 1. The van der Waals surface area contributed by atoms with E-state index in [0.29, 0.717) is 0 Å². The predicted molar refractivity (Wildman–Crippen MR) is 74.2 cm³/mol. The predicted octanol–water partition coefficient (Wildman–Crippen LogP) is 1.15. The van der Waals surface area contributed by atoms with Crippen LogP contribution in [0, 0.1) is 0 Å². The van der Waals surface area contributed by atoms with Crippen LogP contribution in [0.15, 0.2) is 17.6 Å². The molecule has 2 atom stereocenters. The molecule has 0 heterocycles. The average molecular weight is 310 g/mol. The van der Waals surface area contributed by atoms with Crippen molar-refractivity contribution in [1.82, 2.24) is 0 Å². The van der Waals surface area contributed by atoms with Crippen molar-refractivity contribution in [2.24, 2.45) is 4.99 Å². The van der Waals surface area contributed by atoms with Crippen molar-refractivity contribution < 1.29 is 19.4 Å². The van der Waals surface area contributed by atoms with Gasteiger partial charge in [-0.05, 0) is 6.42 Å². The first kappa shape index (κ1) is 16.6. The van der Waals surface area contributed by atoms with Gasteiger partial charge in [0.1, 0.15) is 5.38 Å². The molecule has 0 aromatic carbocycles. The summed E-state index contributed by atoms with van der Waals surface area (Å²) in [5, 5.41) is 7.81. The van der Waals surface area contributed by atoms with Gasteiger partial charge in [-0.25, -0.2) is 0 Å². The van der Waals surface area contributed by atoms with E-state index in [1.54, 1.807) is 0 Å². The Bertz CT molecular complexity index is 395. The van der Waals surface area contributed by atoms with Gasteiger partial charge in [0.15, 0.2) is 10.7 Å². The van der Waals surface area contributed by atoms with E-state index in [4.69, 9.17) is 37.8 Å². The molecule has 1 N–H and O–H groups in total. The first-order valence-electron chi connectivity index (χ1n) is 5.69. The van der Waals surface area contributed by atoms with Gasteiger partial charge in [0, 0.05) is 14.2 Å². The van der Waals surface area contributed by atoms with E-state index in [0.717, 1.165) is 0 Å². The minimum atomic E-state index is -1.55. The highest BCUT2D eigenvalue weighted by molar-refractivity contribution is 6.56. The van der Waals surface area contributed by atoms with Crippen molar-refractivity contribution in [2.75, 3.05) is 27.4 Å². The van der Waals surface area contributed by atoms with E-state index < -0.39 is 21.8 Å². The lowest BCUT2D eigenvalue weighted by Crippen LogP contribution is -2.55. The Morgan fingerprint density at radius 3 is 2.53 bits per heavy atom. The number of allylic oxidation sites excluding steroid dienone is 1. The number of carbonyl (C=O) groups is 1. The second-order valence-corrected chi connectivity index (χ2v) is 5.12. The van der Waals surface area contributed by atoms with Crippen LogP contribution in [0.25, 0.3) is 0 Å². The summed E-state index contributed by atoms with van der Waals surface area (Å²) in [5.41, 5.74) is 0.176. The van der Waals surface area contributed by atoms with Crippen LogP contribution in [0.4, 0.5) is 0 Å². The minimum Gasteiger partial charge on any atom is -0.394 e. The van der Waals surface area contributed by atoms with Gasteiger partial charge in [0.25, 0.3) is 0 Å². The van der Waals surface area contributed by atoms with Crippen molar-refractivity contribution in [3.05, 3.63) is 12.7 Å². The maximum atomic E-state index is 12.3. The zero-order valence-electron chi connectivity index (χ0n) is 10.9. The highest BCUT2D eigenvalue weighted by Crippen LogP contribution is 2.47. The zero-order valence-corrected chi connectivity index (χ0v) is 12.4. The molecule has 0 aromatic heterocycles. The molecular weight excluding hydrogens is 293 g/mol. The molecule has 19 heavy (non-hydrogen) atoms. The number of alkyl halides is 2. The third kappa shape index (κ3) is 2.34. The molecule has 0 bridgehead atoms. The van der Waals surface area contributed by atoms with Crippen molar-refractivity contribution in [3.63, 3.8) is 0 Å². The second-order valence-electron chi connectivity index (χ2n) is 4.04. The van der Waals surface area contributed by atoms with Gasteiger partial charge in [-0.15, -0.1) is 29.8 Å². The Balaban J connectivity index is 3.41. The molecule has 0 amide bonds. The molecule has 0 saturated heterocycles. The normalized spacial score (nSPS) is 31.9. The van der Waals surface area contributed by atoms with Crippen LogP contribution >= 0.6 is 23.2 Å². The van der Waals surface area contributed by atoms with Crippen LogP contribution in [0.5, 0.6) is 0 Å². The van der Waals surface area contributed by atoms with Gasteiger partial charge in [-0.2, -0.15) is 0 Å². The summed E-state index contributed by atoms with van der Waals surface area (Å²) in [7, 11) is 2.72. The van der Waals surface area contributed by atoms with E-state index in [1.807, 2.05) is 0 Å². The molecule has 108 valence electrons. The van der Waals surface area contributed by atoms with Crippen LogP contribution in [0.3, 0.4) is 0 Å². The van der Waals surface area contributed by atoms with Gasteiger partial charge in [-0.1, -0.05) is 6.08 Å². The summed E-state index contributed by atoms with van der Waals surface area (Å²) in [5.74, 6) is -2.00. The Morgan fingerprint density at radius 1 is 1.53 bits per heavy atom. The lowest BCUT2D eigenvalue weighted by molar-refractivity contribution is -0.174. The fourth-order valence-electron chi connectivity index (χ4n) is 2.26. The molecule has 1 saturated carbocycles. The first-order valence-corrected chi connectivity index (χ1v) is 6.50. The first-order chi connectivity index (χ1) is 8.95. The maximum Gasteiger partial charge on any atom is 0.236 e. The lowest BCUT2D eigenvalue weighted by atomic mass is 9.95. The molecule has 1 aliphatic carbocycles. The molecule has 0 radical (unpaired) electrons. The zero-order chi connectivity index (χ0) is 14.7. The van der Waals surface area contributed by atoms with Crippen LogP contribution in [-0.2, 0) is 14.3 Å². The number of aliphatic hydroxyl groups excluding tert-OH is 1. The molecule has 1 unspecified atom stereocenters. The van der Waals surface area contributed by atoms with Crippen LogP contribution in [0.2, 0.25) is 0 Å². The second kappa shape index (κ2) is 6.33. The van der Waals surface area contributed by atoms with E-state index in [-0.39, 0.29) is 25.3 Å². The fraction of sp³-hybridized carbons (Fsp3) is 0.667. The smallest absolute Gasteiger partial charge is 0.236 e. The van der Waals surface area contributed by atoms with Crippen LogP contribution in [0.1, 0.15) is 6.42 Å². The highest BCUT2D eigenvalue weighted by Gasteiger charge is 2.68. The number of halogens is 2. The third-order valence-electron chi connectivity index (χ3n) is 3.10. The van der Waals surface area contributed by atoms with Crippen LogP contribution < -0.4 is 0 Å². The number of hydrogen-bond acceptors (Lipinski definition) is 5. The van der Waals surface area contributed by atoms with Gasteiger partial charge < -0.3 is 14.6 Å². The van der Waals surface area contributed by atoms with Gasteiger partial charge in [-0.3, -0.25) is 9.79 Å². The number of aliphatic hydroxyl groups is 1. The quantitative estimate of drug-likeness (QED) is 0.454. The van der Waals surface area contributed by atoms with Gasteiger partial charge >= 0.3 is 0 Å². The summed E-state index contributed by atoms with van der Waals surface area (Å²) in [4.78, 5) is 14.9. The Morgan fingerprint density at radius 2 is 2.11 bits per heavy atom. The largest absolute Gasteiger partial charge is 0.394 e. The number of Topliss-reactive ketones (excluding diaryl/α,β-unsaturated/α-hetero) is 1. The molecule has 0 aliphatic heterocycles.